The van der Waals surface area contributed by atoms with Crippen LogP contribution in [0.15, 0.2) is 9.59 Å². The first-order valence-corrected chi connectivity index (χ1v) is 9.63. The number of H-pyrrole nitrogens is 1. The van der Waals surface area contributed by atoms with Gasteiger partial charge in [-0.3, -0.25) is 19.1 Å². The highest BCUT2D eigenvalue weighted by atomic mass is 16.2. The highest BCUT2D eigenvalue weighted by Crippen LogP contribution is 2.29. The van der Waals surface area contributed by atoms with Crippen LogP contribution in [0.5, 0.6) is 0 Å². The minimum atomic E-state index is -0.590. The van der Waals surface area contributed by atoms with Gasteiger partial charge in [0.2, 0.25) is 5.91 Å². The van der Waals surface area contributed by atoms with Crippen LogP contribution < -0.4 is 21.9 Å². The molecule has 1 saturated carbocycles. The monoisotopic (exact) mass is 364 g/mol. The van der Waals surface area contributed by atoms with Gasteiger partial charge in [0.05, 0.1) is 0 Å². The number of aromatic amines is 1. The maximum Gasteiger partial charge on any atom is 0.330 e. The summed E-state index contributed by atoms with van der Waals surface area (Å²) in [5, 5.41) is 0. The number of carbonyl (C=O) groups excluding carboxylic acids is 1. The summed E-state index contributed by atoms with van der Waals surface area (Å²) >= 11 is 0. The van der Waals surface area contributed by atoms with Crippen molar-refractivity contribution < 1.29 is 4.79 Å². The summed E-state index contributed by atoms with van der Waals surface area (Å²) in [6.07, 6.45) is 4.85. The van der Waals surface area contributed by atoms with Crippen LogP contribution in [-0.4, -0.2) is 22.0 Å². The van der Waals surface area contributed by atoms with Crippen molar-refractivity contribution in [3.63, 3.8) is 0 Å². The van der Waals surface area contributed by atoms with Crippen LogP contribution in [0.3, 0.4) is 0 Å². The van der Waals surface area contributed by atoms with E-state index >= 15 is 0 Å². The molecule has 0 radical (unpaired) electrons. The lowest BCUT2D eigenvalue weighted by atomic mass is 10.0. The molecule has 0 aromatic carbocycles. The molecule has 1 aliphatic carbocycles. The van der Waals surface area contributed by atoms with Gasteiger partial charge < -0.3 is 10.6 Å². The summed E-state index contributed by atoms with van der Waals surface area (Å²) in [4.78, 5) is 41.5. The van der Waals surface area contributed by atoms with Crippen molar-refractivity contribution in [2.75, 3.05) is 17.2 Å². The van der Waals surface area contributed by atoms with Crippen molar-refractivity contribution in [1.29, 1.82) is 0 Å². The third-order valence-electron chi connectivity index (χ3n) is 4.82. The van der Waals surface area contributed by atoms with Crippen LogP contribution in [0.25, 0.3) is 0 Å². The first-order valence-electron chi connectivity index (χ1n) is 9.63. The van der Waals surface area contributed by atoms with Crippen molar-refractivity contribution in [2.45, 2.75) is 66.3 Å². The van der Waals surface area contributed by atoms with E-state index in [0.717, 1.165) is 25.7 Å². The zero-order valence-corrected chi connectivity index (χ0v) is 16.4. The van der Waals surface area contributed by atoms with Crippen molar-refractivity contribution in [2.24, 2.45) is 17.8 Å². The number of rotatable bonds is 7. The van der Waals surface area contributed by atoms with E-state index in [1.54, 1.807) is 0 Å². The Labute approximate surface area is 154 Å². The Morgan fingerprint density at radius 1 is 1.19 bits per heavy atom. The number of carbonyl (C=O) groups is 1. The largest absolute Gasteiger partial charge is 0.383 e. The molecule has 0 bridgehead atoms. The predicted octanol–water partition coefficient (Wildman–Crippen LogP) is 2.34. The number of amides is 1. The van der Waals surface area contributed by atoms with E-state index in [-0.39, 0.29) is 29.2 Å². The molecule has 0 aliphatic heterocycles. The second-order valence-electron chi connectivity index (χ2n) is 8.25. The van der Waals surface area contributed by atoms with Gasteiger partial charge >= 0.3 is 5.69 Å². The number of nitrogen functional groups attached to an aromatic ring is 1. The van der Waals surface area contributed by atoms with Crippen LogP contribution in [0.2, 0.25) is 0 Å². The average molecular weight is 364 g/mol. The number of nitrogens with one attached hydrogen (secondary N) is 1. The molecule has 0 atom stereocenters. The molecule has 146 valence electrons. The quantitative estimate of drug-likeness (QED) is 0.775. The molecule has 1 heterocycles. The second-order valence-corrected chi connectivity index (χ2v) is 8.25. The number of hydrogen-bond donors (Lipinski definition) is 2. The summed E-state index contributed by atoms with van der Waals surface area (Å²) in [5.74, 6) is 0.720. The SMILES string of the molecule is CC(C)CN(C(=O)CC1CCCC1)c1c(N)n(CC(C)C)c(=O)[nH]c1=O. The molecular formula is C19H32N4O3. The van der Waals surface area contributed by atoms with E-state index in [2.05, 4.69) is 4.98 Å². The van der Waals surface area contributed by atoms with Crippen molar-refractivity contribution in [1.82, 2.24) is 9.55 Å². The molecule has 1 aromatic heterocycles. The lowest BCUT2D eigenvalue weighted by Gasteiger charge is -2.27. The van der Waals surface area contributed by atoms with E-state index in [0.29, 0.717) is 25.4 Å². The van der Waals surface area contributed by atoms with Gasteiger partial charge in [-0.05, 0) is 30.6 Å². The summed E-state index contributed by atoms with van der Waals surface area (Å²) in [6.45, 7) is 8.70. The smallest absolute Gasteiger partial charge is 0.330 e. The summed E-state index contributed by atoms with van der Waals surface area (Å²) < 4.78 is 1.36. The van der Waals surface area contributed by atoms with Crippen LogP contribution in [-0.2, 0) is 11.3 Å². The van der Waals surface area contributed by atoms with Crippen LogP contribution in [0.4, 0.5) is 11.5 Å². The van der Waals surface area contributed by atoms with Crippen molar-refractivity contribution in [3.05, 3.63) is 20.8 Å². The van der Waals surface area contributed by atoms with Gasteiger partial charge in [0.1, 0.15) is 5.82 Å². The topological polar surface area (TPSA) is 101 Å². The minimum Gasteiger partial charge on any atom is -0.383 e. The summed E-state index contributed by atoms with van der Waals surface area (Å²) in [5.41, 5.74) is 5.20. The standard InChI is InChI=1S/C19H32N4O3/c1-12(2)10-22(15(24)9-14-7-5-6-8-14)16-17(20)23(11-13(3)4)19(26)21-18(16)25/h12-14H,5-11,20H2,1-4H3,(H,21,25,26). The predicted molar refractivity (Wildman–Crippen MR) is 104 cm³/mol. The summed E-state index contributed by atoms with van der Waals surface area (Å²) in [6, 6.07) is 0. The van der Waals surface area contributed by atoms with Gasteiger partial charge in [-0.25, -0.2) is 4.79 Å². The lowest BCUT2D eigenvalue weighted by Crippen LogP contribution is -2.43. The number of aromatic nitrogens is 2. The summed E-state index contributed by atoms with van der Waals surface area (Å²) in [7, 11) is 0. The zero-order valence-electron chi connectivity index (χ0n) is 16.4. The number of nitrogens with two attached hydrogens (primary N) is 1. The first kappa shape index (κ1) is 20.3. The Kier molecular flexibility index (Phi) is 6.67. The first-order chi connectivity index (χ1) is 12.2. The number of hydrogen-bond acceptors (Lipinski definition) is 4. The Hall–Kier alpha value is -2.05. The van der Waals surface area contributed by atoms with Gasteiger partial charge in [0.25, 0.3) is 5.56 Å². The zero-order chi connectivity index (χ0) is 19.4. The fourth-order valence-corrected chi connectivity index (χ4v) is 3.64. The molecule has 1 aromatic rings. The number of nitrogens with zero attached hydrogens (tertiary/aromatic N) is 2. The second kappa shape index (κ2) is 8.56. The lowest BCUT2D eigenvalue weighted by molar-refractivity contribution is -0.119. The fourth-order valence-electron chi connectivity index (χ4n) is 3.64. The van der Waals surface area contributed by atoms with Crippen LogP contribution in [0, 0.1) is 17.8 Å². The van der Waals surface area contributed by atoms with Crippen LogP contribution >= 0.6 is 0 Å². The van der Waals surface area contributed by atoms with E-state index < -0.39 is 11.2 Å². The Morgan fingerprint density at radius 2 is 1.81 bits per heavy atom. The fraction of sp³-hybridized carbons (Fsp3) is 0.737. The maximum absolute atomic E-state index is 13.0. The highest BCUT2D eigenvalue weighted by Gasteiger charge is 2.28. The molecule has 1 aliphatic rings. The molecule has 1 amide bonds. The molecule has 26 heavy (non-hydrogen) atoms. The molecule has 0 unspecified atom stereocenters. The van der Waals surface area contributed by atoms with Gasteiger partial charge in [0.15, 0.2) is 5.69 Å². The third kappa shape index (κ3) is 4.77. The molecule has 0 spiro atoms. The molecule has 7 nitrogen and oxygen atoms in total. The number of anilines is 2. The Morgan fingerprint density at radius 3 is 2.35 bits per heavy atom. The minimum absolute atomic E-state index is 0.0767. The van der Waals surface area contributed by atoms with Gasteiger partial charge in [-0.2, -0.15) is 0 Å². The highest BCUT2D eigenvalue weighted by molar-refractivity contribution is 5.95. The van der Waals surface area contributed by atoms with Gasteiger partial charge in [-0.15, -0.1) is 0 Å². The van der Waals surface area contributed by atoms with E-state index in [1.807, 2.05) is 27.7 Å². The molecule has 3 N–H and O–H groups in total. The van der Waals surface area contributed by atoms with Crippen LogP contribution in [0.1, 0.15) is 59.8 Å². The van der Waals surface area contributed by atoms with E-state index in [1.165, 1.54) is 9.47 Å². The Bertz CT molecular complexity index is 742. The molecular weight excluding hydrogens is 332 g/mol. The normalized spacial score (nSPS) is 15.2. The molecule has 0 saturated heterocycles. The van der Waals surface area contributed by atoms with Gasteiger partial charge in [-0.1, -0.05) is 40.5 Å². The van der Waals surface area contributed by atoms with E-state index in [9.17, 15) is 14.4 Å². The average Bonchev–Trinajstić information content (AvgIpc) is 3.02. The Balaban J connectivity index is 2.44. The van der Waals surface area contributed by atoms with Crippen molar-refractivity contribution in [3.8, 4) is 0 Å². The molecule has 7 heteroatoms. The van der Waals surface area contributed by atoms with Crippen molar-refractivity contribution >= 4 is 17.4 Å². The molecule has 2 rings (SSSR count). The third-order valence-corrected chi connectivity index (χ3v) is 4.82. The van der Waals surface area contributed by atoms with Gasteiger partial charge in [0, 0.05) is 19.5 Å². The maximum atomic E-state index is 13.0. The molecule has 1 fully saturated rings. The van der Waals surface area contributed by atoms with E-state index in [4.69, 9.17) is 5.73 Å².